The van der Waals surface area contributed by atoms with Crippen LogP contribution in [0, 0.1) is 13.8 Å². The molecule has 0 aliphatic heterocycles. The molecule has 0 radical (unpaired) electrons. The minimum absolute atomic E-state index is 0.0849. The highest BCUT2D eigenvalue weighted by atomic mass is 32.1. The standard InChI is InChI=1S/C16H19N5OS/c1-11-15(12(2)20(3)18-11)16(22)17-6-8-21-7-4-14(19-21)13-5-9-23-10-13/h4-5,7,9-10H,6,8H2,1-3H3,(H,17,22). The van der Waals surface area contributed by atoms with E-state index in [-0.39, 0.29) is 5.91 Å². The fourth-order valence-corrected chi connectivity index (χ4v) is 3.17. The minimum Gasteiger partial charge on any atom is -0.350 e. The molecule has 0 spiro atoms. The van der Waals surface area contributed by atoms with Gasteiger partial charge in [-0.3, -0.25) is 14.2 Å². The highest BCUT2D eigenvalue weighted by molar-refractivity contribution is 7.08. The fourth-order valence-electron chi connectivity index (χ4n) is 2.52. The first-order valence-corrected chi connectivity index (χ1v) is 8.35. The second-order valence-corrected chi connectivity index (χ2v) is 6.18. The summed E-state index contributed by atoms with van der Waals surface area (Å²) in [6.07, 6.45) is 1.93. The van der Waals surface area contributed by atoms with E-state index in [0.717, 1.165) is 22.6 Å². The van der Waals surface area contributed by atoms with Gasteiger partial charge in [0.1, 0.15) is 0 Å². The molecular weight excluding hydrogens is 310 g/mol. The number of hydrogen-bond acceptors (Lipinski definition) is 4. The Labute approximate surface area is 138 Å². The van der Waals surface area contributed by atoms with Gasteiger partial charge in [0.2, 0.25) is 0 Å². The lowest BCUT2D eigenvalue weighted by atomic mass is 10.2. The van der Waals surface area contributed by atoms with E-state index in [1.54, 1.807) is 16.0 Å². The molecule has 1 N–H and O–H groups in total. The molecule has 0 fully saturated rings. The van der Waals surface area contributed by atoms with Gasteiger partial charge in [0, 0.05) is 36.4 Å². The van der Waals surface area contributed by atoms with Crippen LogP contribution in [0.25, 0.3) is 11.3 Å². The molecule has 0 unspecified atom stereocenters. The number of thiophene rings is 1. The first-order valence-electron chi connectivity index (χ1n) is 7.40. The minimum atomic E-state index is -0.0849. The third kappa shape index (κ3) is 3.19. The Balaban J connectivity index is 1.58. The van der Waals surface area contributed by atoms with Gasteiger partial charge < -0.3 is 5.32 Å². The number of amides is 1. The summed E-state index contributed by atoms with van der Waals surface area (Å²) in [6, 6.07) is 4.03. The summed E-state index contributed by atoms with van der Waals surface area (Å²) in [5.41, 5.74) is 4.36. The van der Waals surface area contributed by atoms with Crippen molar-refractivity contribution in [3.8, 4) is 11.3 Å². The van der Waals surface area contributed by atoms with Gasteiger partial charge in [-0.15, -0.1) is 0 Å². The van der Waals surface area contributed by atoms with Crippen molar-refractivity contribution in [3.63, 3.8) is 0 Å². The molecule has 3 aromatic rings. The maximum Gasteiger partial charge on any atom is 0.255 e. The summed E-state index contributed by atoms with van der Waals surface area (Å²) in [4.78, 5) is 12.3. The van der Waals surface area contributed by atoms with E-state index in [0.29, 0.717) is 18.7 Å². The lowest BCUT2D eigenvalue weighted by Crippen LogP contribution is -2.28. The first kappa shape index (κ1) is 15.5. The van der Waals surface area contributed by atoms with Gasteiger partial charge in [0.25, 0.3) is 5.91 Å². The summed E-state index contributed by atoms with van der Waals surface area (Å²) in [5.74, 6) is -0.0849. The topological polar surface area (TPSA) is 64.7 Å². The molecule has 0 atom stereocenters. The Morgan fingerprint density at radius 3 is 2.78 bits per heavy atom. The Hall–Kier alpha value is -2.41. The Morgan fingerprint density at radius 1 is 1.30 bits per heavy atom. The summed E-state index contributed by atoms with van der Waals surface area (Å²) >= 11 is 1.65. The van der Waals surface area contributed by atoms with Crippen LogP contribution >= 0.6 is 11.3 Å². The zero-order chi connectivity index (χ0) is 16.4. The predicted molar refractivity (Wildman–Crippen MR) is 90.6 cm³/mol. The number of carbonyl (C=O) groups is 1. The molecule has 7 heteroatoms. The number of carbonyl (C=O) groups excluding carboxylic acids is 1. The van der Waals surface area contributed by atoms with Crippen LogP contribution < -0.4 is 5.32 Å². The maximum atomic E-state index is 12.3. The van der Waals surface area contributed by atoms with Gasteiger partial charge in [-0.05, 0) is 31.4 Å². The first-order chi connectivity index (χ1) is 11.1. The molecule has 1 amide bonds. The molecule has 0 aliphatic carbocycles. The van der Waals surface area contributed by atoms with Crippen LogP contribution in [0.5, 0.6) is 0 Å². The van der Waals surface area contributed by atoms with E-state index in [4.69, 9.17) is 0 Å². The SMILES string of the molecule is Cc1nn(C)c(C)c1C(=O)NCCn1ccc(-c2ccsc2)n1. The molecular formula is C16H19N5OS. The summed E-state index contributed by atoms with van der Waals surface area (Å²) in [5, 5.41) is 15.8. The number of aromatic nitrogens is 4. The zero-order valence-electron chi connectivity index (χ0n) is 13.4. The molecule has 120 valence electrons. The van der Waals surface area contributed by atoms with Gasteiger partial charge in [-0.2, -0.15) is 21.5 Å². The van der Waals surface area contributed by atoms with Crippen LogP contribution in [0.4, 0.5) is 0 Å². The number of nitrogens with zero attached hydrogens (tertiary/aromatic N) is 4. The third-order valence-electron chi connectivity index (χ3n) is 3.82. The van der Waals surface area contributed by atoms with E-state index in [1.165, 1.54) is 0 Å². The quantitative estimate of drug-likeness (QED) is 0.782. The van der Waals surface area contributed by atoms with E-state index in [1.807, 2.05) is 49.3 Å². The van der Waals surface area contributed by atoms with Gasteiger partial charge in [-0.25, -0.2) is 0 Å². The number of aryl methyl sites for hydroxylation is 2. The molecule has 0 aliphatic rings. The van der Waals surface area contributed by atoms with Gasteiger partial charge in [0.15, 0.2) is 0 Å². The van der Waals surface area contributed by atoms with Crippen LogP contribution in [-0.2, 0) is 13.6 Å². The van der Waals surface area contributed by atoms with E-state index < -0.39 is 0 Å². The fraction of sp³-hybridized carbons (Fsp3) is 0.312. The highest BCUT2D eigenvalue weighted by Gasteiger charge is 2.16. The molecule has 3 rings (SSSR count). The normalized spacial score (nSPS) is 10.9. The van der Waals surface area contributed by atoms with Crippen molar-refractivity contribution in [2.45, 2.75) is 20.4 Å². The van der Waals surface area contributed by atoms with Gasteiger partial charge in [-0.1, -0.05) is 0 Å². The average Bonchev–Trinajstić information content (AvgIpc) is 3.21. The molecule has 6 nitrogen and oxygen atoms in total. The lowest BCUT2D eigenvalue weighted by Gasteiger charge is -2.06. The highest BCUT2D eigenvalue weighted by Crippen LogP contribution is 2.19. The van der Waals surface area contributed by atoms with E-state index >= 15 is 0 Å². The molecule has 3 aromatic heterocycles. The van der Waals surface area contributed by atoms with Crippen molar-refractivity contribution in [2.75, 3.05) is 6.54 Å². The van der Waals surface area contributed by atoms with Gasteiger partial charge in [0.05, 0.1) is 23.5 Å². The van der Waals surface area contributed by atoms with Crippen molar-refractivity contribution in [1.29, 1.82) is 0 Å². The predicted octanol–water partition coefficient (Wildman–Crippen LogP) is 2.39. The van der Waals surface area contributed by atoms with Crippen molar-refractivity contribution in [1.82, 2.24) is 24.9 Å². The Bertz CT molecular complexity index is 816. The molecule has 0 saturated heterocycles. The summed E-state index contributed by atoms with van der Waals surface area (Å²) in [7, 11) is 1.84. The molecule has 0 bridgehead atoms. The molecule has 23 heavy (non-hydrogen) atoms. The van der Waals surface area contributed by atoms with Crippen molar-refractivity contribution in [2.24, 2.45) is 7.05 Å². The smallest absolute Gasteiger partial charge is 0.255 e. The van der Waals surface area contributed by atoms with Crippen molar-refractivity contribution >= 4 is 17.2 Å². The Kier molecular flexibility index (Phi) is 4.29. The number of rotatable bonds is 5. The summed E-state index contributed by atoms with van der Waals surface area (Å²) in [6.45, 7) is 4.91. The van der Waals surface area contributed by atoms with Crippen molar-refractivity contribution < 1.29 is 4.79 Å². The van der Waals surface area contributed by atoms with Crippen LogP contribution in [0.2, 0.25) is 0 Å². The summed E-state index contributed by atoms with van der Waals surface area (Å²) < 4.78 is 3.57. The molecule has 0 aromatic carbocycles. The second kappa shape index (κ2) is 6.37. The van der Waals surface area contributed by atoms with Gasteiger partial charge >= 0.3 is 0 Å². The zero-order valence-corrected chi connectivity index (χ0v) is 14.2. The van der Waals surface area contributed by atoms with Crippen LogP contribution in [0.1, 0.15) is 21.7 Å². The third-order valence-corrected chi connectivity index (χ3v) is 4.50. The second-order valence-electron chi connectivity index (χ2n) is 5.40. The van der Waals surface area contributed by atoms with E-state index in [9.17, 15) is 4.79 Å². The Morgan fingerprint density at radius 2 is 2.13 bits per heavy atom. The number of hydrogen-bond donors (Lipinski definition) is 1. The van der Waals surface area contributed by atoms with E-state index in [2.05, 4.69) is 20.9 Å². The average molecular weight is 329 g/mol. The van der Waals surface area contributed by atoms with Crippen LogP contribution in [0.3, 0.4) is 0 Å². The maximum absolute atomic E-state index is 12.3. The number of nitrogens with one attached hydrogen (secondary N) is 1. The molecule has 0 saturated carbocycles. The molecule has 3 heterocycles. The van der Waals surface area contributed by atoms with Crippen LogP contribution in [0.15, 0.2) is 29.1 Å². The lowest BCUT2D eigenvalue weighted by molar-refractivity contribution is 0.0950. The largest absolute Gasteiger partial charge is 0.350 e. The monoisotopic (exact) mass is 329 g/mol. The van der Waals surface area contributed by atoms with Crippen molar-refractivity contribution in [3.05, 3.63) is 46.0 Å². The van der Waals surface area contributed by atoms with Crippen LogP contribution in [-0.4, -0.2) is 32.0 Å².